The number of rotatable bonds is 7. The maximum Gasteiger partial charge on any atom is 0.191 e. The van der Waals surface area contributed by atoms with E-state index in [-0.39, 0.29) is 30.1 Å². The second-order valence-electron chi connectivity index (χ2n) is 7.06. The van der Waals surface area contributed by atoms with Crippen LogP contribution in [0.3, 0.4) is 0 Å². The highest BCUT2D eigenvalue weighted by atomic mass is 127. The van der Waals surface area contributed by atoms with Crippen molar-refractivity contribution in [2.24, 2.45) is 10.9 Å². The number of hydrogen-bond donors (Lipinski definition) is 2. The molecule has 0 bridgehead atoms. The lowest BCUT2D eigenvalue weighted by Crippen LogP contribution is -2.43. The van der Waals surface area contributed by atoms with Crippen molar-refractivity contribution in [3.63, 3.8) is 0 Å². The van der Waals surface area contributed by atoms with E-state index < -0.39 is 0 Å². The lowest BCUT2D eigenvalue weighted by molar-refractivity contribution is 0.210. The van der Waals surface area contributed by atoms with Gasteiger partial charge in [0.2, 0.25) is 0 Å². The van der Waals surface area contributed by atoms with Gasteiger partial charge in [0.1, 0.15) is 11.9 Å². The normalized spacial score (nSPS) is 19.4. The van der Waals surface area contributed by atoms with Crippen LogP contribution < -0.4 is 15.4 Å². The molecule has 1 fully saturated rings. The molecule has 2 rings (SSSR count). The minimum absolute atomic E-state index is 0. The molecule has 0 aromatic heterocycles. The van der Waals surface area contributed by atoms with E-state index in [0.29, 0.717) is 12.5 Å². The minimum atomic E-state index is 0. The number of nitrogens with one attached hydrogen (secondary N) is 2. The Morgan fingerprint density at radius 1 is 1.35 bits per heavy atom. The molecular weight excluding hydrogens is 439 g/mol. The molecule has 1 aliphatic heterocycles. The van der Waals surface area contributed by atoms with E-state index in [0.717, 1.165) is 30.4 Å². The summed E-state index contributed by atoms with van der Waals surface area (Å²) >= 11 is 0. The van der Waals surface area contributed by atoms with E-state index in [9.17, 15) is 0 Å². The molecule has 1 heterocycles. The number of benzene rings is 1. The third-order valence-electron chi connectivity index (χ3n) is 4.55. The Bertz CT molecular complexity index is 552. The molecule has 2 atom stereocenters. The van der Waals surface area contributed by atoms with Gasteiger partial charge in [-0.2, -0.15) is 0 Å². The Morgan fingerprint density at radius 3 is 2.81 bits per heavy atom. The summed E-state index contributed by atoms with van der Waals surface area (Å²) in [6.07, 6.45) is 2.62. The molecule has 26 heavy (non-hydrogen) atoms. The summed E-state index contributed by atoms with van der Waals surface area (Å²) in [6, 6.07) is 8.11. The molecule has 148 valence electrons. The average Bonchev–Trinajstić information content (AvgIpc) is 2.59. The van der Waals surface area contributed by atoms with Crippen LogP contribution in [0.1, 0.15) is 32.3 Å². The van der Waals surface area contributed by atoms with Crippen LogP contribution >= 0.6 is 24.0 Å². The number of para-hydroxylation sites is 1. The number of aliphatic imine (C=N–C) groups is 1. The molecule has 0 spiro atoms. The highest BCUT2D eigenvalue weighted by molar-refractivity contribution is 14.0. The molecule has 5 nitrogen and oxygen atoms in total. The zero-order valence-electron chi connectivity index (χ0n) is 16.6. The van der Waals surface area contributed by atoms with E-state index in [1.807, 2.05) is 18.2 Å². The molecule has 0 amide bonds. The quantitative estimate of drug-likeness (QED) is 0.362. The molecule has 2 N–H and O–H groups in total. The first-order valence-electron chi connectivity index (χ1n) is 9.51. The summed E-state index contributed by atoms with van der Waals surface area (Å²) in [5.41, 5.74) is 1.16. The van der Waals surface area contributed by atoms with E-state index >= 15 is 0 Å². The zero-order chi connectivity index (χ0) is 18.1. The van der Waals surface area contributed by atoms with Crippen LogP contribution in [-0.4, -0.2) is 56.7 Å². The number of aryl methyl sites for hydroxylation is 1. The van der Waals surface area contributed by atoms with Crippen molar-refractivity contribution in [2.45, 2.75) is 39.7 Å². The van der Waals surface area contributed by atoms with Gasteiger partial charge in [0.15, 0.2) is 5.96 Å². The Morgan fingerprint density at radius 2 is 2.12 bits per heavy atom. The van der Waals surface area contributed by atoms with Gasteiger partial charge in [-0.3, -0.25) is 0 Å². The number of nitrogens with zero attached hydrogens (tertiary/aromatic N) is 2. The van der Waals surface area contributed by atoms with Gasteiger partial charge in [-0.05, 0) is 64.8 Å². The number of hydrogen-bond acceptors (Lipinski definition) is 3. The van der Waals surface area contributed by atoms with Crippen LogP contribution in [0.2, 0.25) is 0 Å². The minimum Gasteiger partial charge on any atom is -0.489 e. The SMILES string of the molecule is CCNC(=NCC(C)Oc1ccccc1C)NCC1CCCN(C)C1.I. The monoisotopic (exact) mass is 474 g/mol. The molecule has 1 saturated heterocycles. The third-order valence-corrected chi connectivity index (χ3v) is 4.55. The molecule has 1 aromatic rings. The second kappa shape index (κ2) is 12.4. The summed E-state index contributed by atoms with van der Waals surface area (Å²) in [6.45, 7) is 11.1. The lowest BCUT2D eigenvalue weighted by atomic mass is 9.99. The third kappa shape index (κ3) is 8.12. The maximum atomic E-state index is 6.01. The van der Waals surface area contributed by atoms with Crippen molar-refractivity contribution in [1.82, 2.24) is 15.5 Å². The Labute approximate surface area is 176 Å². The van der Waals surface area contributed by atoms with Crippen molar-refractivity contribution in [2.75, 3.05) is 39.8 Å². The standard InChI is InChI=1S/C20H34N4O.HI/c1-5-21-20(23-14-18-10-8-12-24(4)15-18)22-13-17(3)25-19-11-7-6-9-16(19)2;/h6-7,9,11,17-18H,5,8,10,12-15H2,1-4H3,(H2,21,22,23);1H. The first-order valence-corrected chi connectivity index (χ1v) is 9.51. The smallest absolute Gasteiger partial charge is 0.191 e. The summed E-state index contributed by atoms with van der Waals surface area (Å²) in [5.74, 6) is 2.52. The van der Waals surface area contributed by atoms with E-state index in [1.54, 1.807) is 0 Å². The van der Waals surface area contributed by atoms with Crippen LogP contribution in [0.25, 0.3) is 0 Å². The number of piperidine rings is 1. The first-order chi connectivity index (χ1) is 12.1. The van der Waals surface area contributed by atoms with E-state index in [2.05, 4.69) is 49.4 Å². The topological polar surface area (TPSA) is 48.9 Å². The number of likely N-dealkylation sites (tertiary alicyclic amines) is 1. The van der Waals surface area contributed by atoms with Gasteiger partial charge in [-0.15, -0.1) is 24.0 Å². The zero-order valence-corrected chi connectivity index (χ0v) is 19.0. The summed E-state index contributed by atoms with van der Waals surface area (Å²) in [7, 11) is 2.20. The number of halogens is 1. The van der Waals surface area contributed by atoms with E-state index in [4.69, 9.17) is 9.73 Å². The average molecular weight is 474 g/mol. The summed E-state index contributed by atoms with van der Waals surface area (Å²) in [5, 5.41) is 6.83. The van der Waals surface area contributed by atoms with Crippen LogP contribution in [0.4, 0.5) is 0 Å². The van der Waals surface area contributed by atoms with E-state index in [1.165, 1.54) is 25.9 Å². The van der Waals surface area contributed by atoms with Gasteiger partial charge in [0, 0.05) is 19.6 Å². The predicted molar refractivity (Wildman–Crippen MR) is 121 cm³/mol. The van der Waals surface area contributed by atoms with Crippen LogP contribution in [0, 0.1) is 12.8 Å². The van der Waals surface area contributed by atoms with Crippen molar-refractivity contribution in [1.29, 1.82) is 0 Å². The van der Waals surface area contributed by atoms with Crippen molar-refractivity contribution in [3.8, 4) is 5.75 Å². The summed E-state index contributed by atoms with van der Waals surface area (Å²) < 4.78 is 6.01. The summed E-state index contributed by atoms with van der Waals surface area (Å²) in [4.78, 5) is 7.11. The molecule has 1 aliphatic rings. The molecule has 0 aliphatic carbocycles. The van der Waals surface area contributed by atoms with Crippen LogP contribution in [0.5, 0.6) is 5.75 Å². The van der Waals surface area contributed by atoms with Crippen LogP contribution in [0.15, 0.2) is 29.3 Å². The van der Waals surface area contributed by atoms with Crippen molar-refractivity contribution in [3.05, 3.63) is 29.8 Å². The fourth-order valence-corrected chi connectivity index (χ4v) is 3.19. The van der Waals surface area contributed by atoms with Crippen molar-refractivity contribution < 1.29 is 4.74 Å². The van der Waals surface area contributed by atoms with Gasteiger partial charge in [0.05, 0.1) is 6.54 Å². The van der Waals surface area contributed by atoms with Gasteiger partial charge < -0.3 is 20.3 Å². The highest BCUT2D eigenvalue weighted by Gasteiger charge is 2.17. The Balaban J connectivity index is 0.00000338. The van der Waals surface area contributed by atoms with Gasteiger partial charge in [-0.25, -0.2) is 4.99 Å². The second-order valence-corrected chi connectivity index (χ2v) is 7.06. The largest absolute Gasteiger partial charge is 0.489 e. The molecule has 6 heteroatoms. The fraction of sp³-hybridized carbons (Fsp3) is 0.650. The van der Waals surface area contributed by atoms with Gasteiger partial charge in [-0.1, -0.05) is 18.2 Å². The maximum absolute atomic E-state index is 6.01. The predicted octanol–water partition coefficient (Wildman–Crippen LogP) is 3.28. The molecule has 0 radical (unpaired) electrons. The molecular formula is C20H35IN4O. The van der Waals surface area contributed by atoms with Crippen LogP contribution in [-0.2, 0) is 0 Å². The fourth-order valence-electron chi connectivity index (χ4n) is 3.19. The molecule has 0 saturated carbocycles. The molecule has 1 aromatic carbocycles. The number of guanidine groups is 1. The molecule has 2 unspecified atom stereocenters. The Hall–Kier alpha value is -1.02. The van der Waals surface area contributed by atoms with Gasteiger partial charge >= 0.3 is 0 Å². The highest BCUT2D eigenvalue weighted by Crippen LogP contribution is 2.17. The first kappa shape index (κ1) is 23.0. The van der Waals surface area contributed by atoms with Crippen molar-refractivity contribution >= 4 is 29.9 Å². The number of ether oxygens (including phenoxy) is 1. The van der Waals surface area contributed by atoms with Gasteiger partial charge in [0.25, 0.3) is 0 Å². The lowest BCUT2D eigenvalue weighted by Gasteiger charge is -2.30. The Kier molecular flexibility index (Phi) is 11.0.